The van der Waals surface area contributed by atoms with Crippen molar-refractivity contribution in [1.29, 1.82) is 0 Å². The van der Waals surface area contributed by atoms with Crippen LogP contribution < -0.4 is 5.32 Å². The summed E-state index contributed by atoms with van der Waals surface area (Å²) in [6.45, 7) is 1.78. The maximum atomic E-state index is 12.0. The molecule has 2 heterocycles. The van der Waals surface area contributed by atoms with Crippen LogP contribution in [0.2, 0.25) is 5.15 Å². The zero-order valence-electron chi connectivity index (χ0n) is 10.6. The minimum absolute atomic E-state index is 0.107. The summed E-state index contributed by atoms with van der Waals surface area (Å²) in [5.41, 5.74) is 1.30. The number of carbonyl (C=O) groups is 2. The molecule has 0 aliphatic heterocycles. The first-order valence-electron chi connectivity index (χ1n) is 5.50. The Kier molecular flexibility index (Phi) is 4.31. The number of nitrogens with zero attached hydrogens (tertiary/aromatic N) is 2. The van der Waals surface area contributed by atoms with Gasteiger partial charge in [0.2, 0.25) is 0 Å². The van der Waals surface area contributed by atoms with Crippen LogP contribution >= 0.6 is 22.9 Å². The smallest absolute Gasteiger partial charge is 0.350 e. The summed E-state index contributed by atoms with van der Waals surface area (Å²) < 4.78 is 4.67. The third-order valence-electron chi connectivity index (χ3n) is 2.45. The number of hydrogen-bond donors (Lipinski definition) is 1. The number of thiophene rings is 1. The normalized spacial score (nSPS) is 10.2. The highest BCUT2D eigenvalue weighted by Gasteiger charge is 2.19. The van der Waals surface area contributed by atoms with E-state index in [1.165, 1.54) is 30.6 Å². The van der Waals surface area contributed by atoms with Gasteiger partial charge in [0.25, 0.3) is 5.91 Å². The van der Waals surface area contributed by atoms with E-state index in [1.807, 2.05) is 0 Å². The number of amides is 1. The molecule has 0 fully saturated rings. The third-order valence-corrected chi connectivity index (χ3v) is 3.73. The highest BCUT2D eigenvalue weighted by molar-refractivity contribution is 7.12. The summed E-state index contributed by atoms with van der Waals surface area (Å²) >= 11 is 6.81. The van der Waals surface area contributed by atoms with Crippen molar-refractivity contribution < 1.29 is 14.3 Å². The molecule has 0 spiro atoms. The summed E-state index contributed by atoms with van der Waals surface area (Å²) in [5, 5.41) is 11.9. The maximum absolute atomic E-state index is 12.0. The van der Waals surface area contributed by atoms with Crippen LogP contribution in [0.4, 0.5) is 5.69 Å². The van der Waals surface area contributed by atoms with Crippen molar-refractivity contribution in [3.8, 4) is 0 Å². The molecule has 0 aromatic carbocycles. The molecule has 2 aromatic heterocycles. The molecule has 0 radical (unpaired) electrons. The van der Waals surface area contributed by atoms with Gasteiger partial charge in [-0.1, -0.05) is 11.6 Å². The first kappa shape index (κ1) is 14.4. The number of hydrogen-bond acceptors (Lipinski definition) is 6. The van der Waals surface area contributed by atoms with Crippen LogP contribution in [-0.4, -0.2) is 29.2 Å². The van der Waals surface area contributed by atoms with E-state index in [0.29, 0.717) is 10.6 Å². The van der Waals surface area contributed by atoms with E-state index in [-0.39, 0.29) is 10.8 Å². The Balaban J connectivity index is 2.26. The molecule has 0 bridgehead atoms. The molecule has 104 valence electrons. The molecule has 0 saturated heterocycles. The van der Waals surface area contributed by atoms with E-state index in [4.69, 9.17) is 11.6 Å². The Morgan fingerprint density at radius 2 is 2.10 bits per heavy atom. The molecular weight excluding hydrogens is 302 g/mol. The standard InChI is InChI=1S/C12H10ClN3O3S/c1-6-5-20-10(12(18)19-2)9(6)14-11(17)7-3-4-8(13)16-15-7/h3-5H,1-2H3,(H,14,17). The topological polar surface area (TPSA) is 81.2 Å². The fourth-order valence-corrected chi connectivity index (χ4v) is 2.48. The average Bonchev–Trinajstić information content (AvgIpc) is 2.80. The second-order valence-electron chi connectivity index (χ2n) is 3.81. The molecule has 2 rings (SSSR count). The lowest BCUT2D eigenvalue weighted by Crippen LogP contribution is -2.16. The van der Waals surface area contributed by atoms with Gasteiger partial charge >= 0.3 is 5.97 Å². The average molecular weight is 312 g/mol. The highest BCUT2D eigenvalue weighted by Crippen LogP contribution is 2.28. The second kappa shape index (κ2) is 5.98. The van der Waals surface area contributed by atoms with Crippen LogP contribution in [0.1, 0.15) is 25.7 Å². The summed E-state index contributed by atoms with van der Waals surface area (Å²) in [4.78, 5) is 24.0. The SMILES string of the molecule is COC(=O)c1scc(C)c1NC(=O)c1ccc(Cl)nn1. The Hall–Kier alpha value is -1.99. The monoisotopic (exact) mass is 311 g/mol. The van der Waals surface area contributed by atoms with Crippen LogP contribution in [0.5, 0.6) is 0 Å². The molecule has 1 N–H and O–H groups in total. The summed E-state index contributed by atoms with van der Waals surface area (Å²) in [6, 6.07) is 2.91. The number of aryl methyl sites for hydroxylation is 1. The predicted molar refractivity (Wildman–Crippen MR) is 75.4 cm³/mol. The Morgan fingerprint density at radius 1 is 1.35 bits per heavy atom. The van der Waals surface area contributed by atoms with Crippen molar-refractivity contribution in [2.75, 3.05) is 12.4 Å². The van der Waals surface area contributed by atoms with Gasteiger partial charge < -0.3 is 10.1 Å². The van der Waals surface area contributed by atoms with Crippen LogP contribution in [0, 0.1) is 6.92 Å². The van der Waals surface area contributed by atoms with Gasteiger partial charge in [-0.05, 0) is 30.0 Å². The van der Waals surface area contributed by atoms with E-state index in [9.17, 15) is 9.59 Å². The molecule has 0 saturated carbocycles. The van der Waals surface area contributed by atoms with Gasteiger partial charge in [0, 0.05) is 0 Å². The molecule has 0 aliphatic rings. The molecule has 0 atom stereocenters. The lowest BCUT2D eigenvalue weighted by molar-refractivity contribution is 0.0607. The van der Waals surface area contributed by atoms with E-state index >= 15 is 0 Å². The fourth-order valence-electron chi connectivity index (χ4n) is 1.46. The minimum Gasteiger partial charge on any atom is -0.465 e. The molecule has 0 aliphatic carbocycles. The van der Waals surface area contributed by atoms with Gasteiger partial charge in [0.1, 0.15) is 4.88 Å². The number of halogens is 1. The Bertz CT molecular complexity index is 654. The zero-order chi connectivity index (χ0) is 14.7. The van der Waals surface area contributed by atoms with Gasteiger partial charge in [-0.15, -0.1) is 21.5 Å². The molecule has 8 heteroatoms. The van der Waals surface area contributed by atoms with Crippen molar-refractivity contribution in [2.45, 2.75) is 6.92 Å². The number of nitrogens with one attached hydrogen (secondary N) is 1. The maximum Gasteiger partial charge on any atom is 0.350 e. The fraction of sp³-hybridized carbons (Fsp3) is 0.167. The van der Waals surface area contributed by atoms with E-state index < -0.39 is 11.9 Å². The molecule has 1 amide bonds. The lowest BCUT2D eigenvalue weighted by Gasteiger charge is -2.06. The lowest BCUT2D eigenvalue weighted by atomic mass is 10.2. The molecule has 20 heavy (non-hydrogen) atoms. The van der Waals surface area contributed by atoms with E-state index in [1.54, 1.807) is 12.3 Å². The molecular formula is C12H10ClN3O3S. The van der Waals surface area contributed by atoms with E-state index in [0.717, 1.165) is 5.56 Å². The van der Waals surface area contributed by atoms with Gasteiger partial charge in [0.05, 0.1) is 12.8 Å². The number of methoxy groups -OCH3 is 1. The number of carbonyl (C=O) groups excluding carboxylic acids is 2. The second-order valence-corrected chi connectivity index (χ2v) is 5.08. The number of anilines is 1. The summed E-state index contributed by atoms with van der Waals surface area (Å²) in [7, 11) is 1.29. The molecule has 6 nitrogen and oxygen atoms in total. The van der Waals surface area contributed by atoms with Crippen molar-refractivity contribution >= 4 is 40.5 Å². The van der Waals surface area contributed by atoms with Crippen LogP contribution in [0.15, 0.2) is 17.5 Å². The van der Waals surface area contributed by atoms with Crippen molar-refractivity contribution in [3.05, 3.63) is 38.8 Å². The highest BCUT2D eigenvalue weighted by atomic mass is 35.5. The van der Waals surface area contributed by atoms with Gasteiger partial charge in [-0.3, -0.25) is 4.79 Å². The van der Waals surface area contributed by atoms with Crippen molar-refractivity contribution in [3.63, 3.8) is 0 Å². The Morgan fingerprint density at radius 3 is 2.70 bits per heavy atom. The van der Waals surface area contributed by atoms with Crippen LogP contribution in [-0.2, 0) is 4.74 Å². The summed E-state index contributed by atoms with van der Waals surface area (Å²) in [5.74, 6) is -0.971. The summed E-state index contributed by atoms with van der Waals surface area (Å²) in [6.07, 6.45) is 0. The van der Waals surface area contributed by atoms with Crippen LogP contribution in [0.3, 0.4) is 0 Å². The quantitative estimate of drug-likeness (QED) is 0.881. The van der Waals surface area contributed by atoms with Gasteiger partial charge in [-0.25, -0.2) is 4.79 Å². The predicted octanol–water partition coefficient (Wildman–Crippen LogP) is 2.54. The van der Waals surface area contributed by atoms with Gasteiger partial charge in [0.15, 0.2) is 10.8 Å². The number of aromatic nitrogens is 2. The molecule has 0 unspecified atom stereocenters. The largest absolute Gasteiger partial charge is 0.465 e. The minimum atomic E-state index is -0.499. The number of esters is 1. The van der Waals surface area contributed by atoms with Crippen molar-refractivity contribution in [1.82, 2.24) is 10.2 Å². The number of ether oxygens (including phenoxy) is 1. The Labute approximate surface area is 123 Å². The zero-order valence-corrected chi connectivity index (χ0v) is 12.2. The van der Waals surface area contributed by atoms with Crippen LogP contribution in [0.25, 0.3) is 0 Å². The molecule has 2 aromatic rings. The third kappa shape index (κ3) is 2.94. The number of rotatable bonds is 3. The van der Waals surface area contributed by atoms with Gasteiger partial charge in [-0.2, -0.15) is 0 Å². The first-order chi connectivity index (χ1) is 9.52. The first-order valence-corrected chi connectivity index (χ1v) is 6.75. The van der Waals surface area contributed by atoms with Crippen molar-refractivity contribution in [2.24, 2.45) is 0 Å². The van der Waals surface area contributed by atoms with E-state index in [2.05, 4.69) is 20.3 Å².